The van der Waals surface area contributed by atoms with Gasteiger partial charge in [0.05, 0.1) is 0 Å². The standard InChI is InChI=1S/C21H43.Y/c1-3-5-7-9-11-13-15-17-19-21-20-18-16-14-12-10-8-6-4-2;/h1,3-21H2,2H3;/q-1;. The molecule has 0 amide bonds. The number of rotatable bonds is 18. The fourth-order valence-corrected chi connectivity index (χ4v) is 3.08. The monoisotopic (exact) mass is 384 g/mol. The van der Waals surface area contributed by atoms with Gasteiger partial charge in [-0.3, -0.25) is 0 Å². The Hall–Kier alpha value is 1.10. The van der Waals surface area contributed by atoms with E-state index in [1.807, 2.05) is 0 Å². The molecule has 0 saturated heterocycles. The topological polar surface area (TPSA) is 0 Å². The maximum atomic E-state index is 3.90. The van der Waals surface area contributed by atoms with E-state index in [9.17, 15) is 0 Å². The van der Waals surface area contributed by atoms with Crippen LogP contribution in [0.25, 0.3) is 0 Å². The van der Waals surface area contributed by atoms with Crippen LogP contribution in [-0.4, -0.2) is 0 Å². The van der Waals surface area contributed by atoms with Gasteiger partial charge in [0.1, 0.15) is 0 Å². The van der Waals surface area contributed by atoms with Gasteiger partial charge in [0, 0.05) is 32.7 Å². The number of hydrogen-bond acceptors (Lipinski definition) is 0. The van der Waals surface area contributed by atoms with Crippen molar-refractivity contribution < 1.29 is 32.7 Å². The largest absolute Gasteiger partial charge is 0.343 e. The van der Waals surface area contributed by atoms with Crippen molar-refractivity contribution >= 4 is 0 Å². The van der Waals surface area contributed by atoms with Gasteiger partial charge in [-0.25, -0.2) is 0 Å². The quantitative estimate of drug-likeness (QED) is 0.165. The zero-order valence-electron chi connectivity index (χ0n) is 15.7. The molecule has 1 radical (unpaired) electrons. The molecule has 0 N–H and O–H groups in total. The first kappa shape index (κ1) is 25.3. The number of unbranched alkanes of at least 4 members (excludes halogenated alkanes) is 18. The summed E-state index contributed by atoms with van der Waals surface area (Å²) in [6.45, 7) is 6.19. The molecule has 131 valence electrons. The fraction of sp³-hybridized carbons (Fsp3) is 0.952. The Morgan fingerprint density at radius 1 is 0.409 bits per heavy atom. The molecule has 0 aliphatic carbocycles. The molecule has 0 atom stereocenters. The summed E-state index contributed by atoms with van der Waals surface area (Å²) >= 11 is 0. The van der Waals surface area contributed by atoms with Crippen molar-refractivity contribution in [2.45, 2.75) is 129 Å². The van der Waals surface area contributed by atoms with Crippen LogP contribution in [0, 0.1) is 6.92 Å². The van der Waals surface area contributed by atoms with Crippen molar-refractivity contribution in [2.75, 3.05) is 0 Å². The molecular weight excluding hydrogens is 341 g/mol. The average molecular weight is 384 g/mol. The maximum absolute atomic E-state index is 3.90. The predicted octanol–water partition coefficient (Wildman–Crippen LogP) is 8.25. The molecule has 0 rings (SSSR count). The summed E-state index contributed by atoms with van der Waals surface area (Å²) in [5, 5.41) is 0. The van der Waals surface area contributed by atoms with Crippen molar-refractivity contribution in [1.29, 1.82) is 0 Å². The Balaban J connectivity index is 0. The molecule has 0 aliphatic rings. The van der Waals surface area contributed by atoms with Gasteiger partial charge in [0.15, 0.2) is 0 Å². The van der Waals surface area contributed by atoms with Crippen LogP contribution in [0.3, 0.4) is 0 Å². The van der Waals surface area contributed by atoms with Gasteiger partial charge in [-0.15, -0.1) is 0 Å². The minimum atomic E-state index is 0. The average Bonchev–Trinajstić information content (AvgIpc) is 2.50. The molecule has 22 heavy (non-hydrogen) atoms. The second-order valence-corrected chi connectivity index (χ2v) is 6.86. The third-order valence-electron chi connectivity index (χ3n) is 4.60. The SMILES string of the molecule is [CH2-]CCCCCCCCCCCCCCCCCCCC.[Y]. The van der Waals surface area contributed by atoms with Gasteiger partial charge in [-0.1, -0.05) is 122 Å². The molecule has 0 spiro atoms. The van der Waals surface area contributed by atoms with Crippen LogP contribution in [0.4, 0.5) is 0 Å². The van der Waals surface area contributed by atoms with E-state index in [1.54, 1.807) is 0 Å². The first-order chi connectivity index (χ1) is 10.4. The van der Waals surface area contributed by atoms with Crippen LogP contribution in [0.2, 0.25) is 0 Å². The van der Waals surface area contributed by atoms with E-state index in [0.29, 0.717) is 0 Å². The molecule has 0 aromatic heterocycles. The predicted molar refractivity (Wildman–Crippen MR) is 98.8 cm³/mol. The van der Waals surface area contributed by atoms with Crippen LogP contribution in [0.1, 0.15) is 129 Å². The van der Waals surface area contributed by atoms with Gasteiger partial charge in [-0.2, -0.15) is 6.42 Å². The minimum Gasteiger partial charge on any atom is -0.343 e. The fourth-order valence-electron chi connectivity index (χ4n) is 3.08. The third-order valence-corrected chi connectivity index (χ3v) is 4.60. The van der Waals surface area contributed by atoms with E-state index in [2.05, 4.69) is 13.8 Å². The summed E-state index contributed by atoms with van der Waals surface area (Å²) < 4.78 is 0. The normalized spacial score (nSPS) is 10.6. The van der Waals surface area contributed by atoms with Crippen molar-refractivity contribution in [3.63, 3.8) is 0 Å². The number of hydrogen-bond donors (Lipinski definition) is 0. The molecule has 0 saturated carbocycles. The molecule has 0 fully saturated rings. The van der Waals surface area contributed by atoms with Crippen molar-refractivity contribution in [3.05, 3.63) is 6.92 Å². The Labute approximate surface area is 167 Å². The Kier molecular flexibility index (Phi) is 28.1. The van der Waals surface area contributed by atoms with Gasteiger partial charge < -0.3 is 6.92 Å². The van der Waals surface area contributed by atoms with E-state index in [1.165, 1.54) is 116 Å². The first-order valence-corrected chi connectivity index (χ1v) is 10.2. The Bertz CT molecular complexity index is 149. The molecule has 0 aromatic carbocycles. The van der Waals surface area contributed by atoms with Gasteiger partial charge in [-0.05, 0) is 0 Å². The summed E-state index contributed by atoms with van der Waals surface area (Å²) in [6.07, 6.45) is 27.3. The van der Waals surface area contributed by atoms with Crippen LogP contribution in [-0.2, 0) is 32.7 Å². The van der Waals surface area contributed by atoms with E-state index < -0.39 is 0 Å². The van der Waals surface area contributed by atoms with Crippen LogP contribution in [0.15, 0.2) is 0 Å². The molecule has 1 heteroatoms. The zero-order chi connectivity index (χ0) is 15.4. The van der Waals surface area contributed by atoms with E-state index in [-0.39, 0.29) is 32.7 Å². The smallest absolute Gasteiger partial charge is 0 e. The van der Waals surface area contributed by atoms with E-state index >= 15 is 0 Å². The minimum absolute atomic E-state index is 0. The molecular formula is C21H43Y-. The van der Waals surface area contributed by atoms with Crippen LogP contribution < -0.4 is 0 Å². The van der Waals surface area contributed by atoms with Crippen LogP contribution >= 0.6 is 0 Å². The van der Waals surface area contributed by atoms with E-state index in [4.69, 9.17) is 0 Å². The summed E-state index contributed by atoms with van der Waals surface area (Å²) in [4.78, 5) is 0. The molecule has 0 heterocycles. The maximum Gasteiger partial charge on any atom is 0 e. The van der Waals surface area contributed by atoms with Crippen LogP contribution in [0.5, 0.6) is 0 Å². The van der Waals surface area contributed by atoms with Crippen molar-refractivity contribution in [1.82, 2.24) is 0 Å². The van der Waals surface area contributed by atoms with Gasteiger partial charge in [0.25, 0.3) is 0 Å². The molecule has 0 unspecified atom stereocenters. The van der Waals surface area contributed by atoms with Gasteiger partial charge >= 0.3 is 0 Å². The Morgan fingerprint density at radius 3 is 0.864 bits per heavy atom. The Morgan fingerprint density at radius 2 is 0.636 bits per heavy atom. The van der Waals surface area contributed by atoms with E-state index in [0.717, 1.165) is 6.42 Å². The van der Waals surface area contributed by atoms with Gasteiger partial charge in [0.2, 0.25) is 0 Å². The summed E-state index contributed by atoms with van der Waals surface area (Å²) in [5.74, 6) is 0. The molecule has 0 bridgehead atoms. The first-order valence-electron chi connectivity index (χ1n) is 10.2. The summed E-state index contributed by atoms with van der Waals surface area (Å²) in [7, 11) is 0. The summed E-state index contributed by atoms with van der Waals surface area (Å²) in [6, 6.07) is 0. The zero-order valence-corrected chi connectivity index (χ0v) is 18.6. The molecule has 0 nitrogen and oxygen atoms in total. The second-order valence-electron chi connectivity index (χ2n) is 6.86. The summed E-state index contributed by atoms with van der Waals surface area (Å²) in [5.41, 5.74) is 0. The molecule has 0 aliphatic heterocycles. The van der Waals surface area contributed by atoms with Crippen molar-refractivity contribution in [3.8, 4) is 0 Å². The van der Waals surface area contributed by atoms with Crippen molar-refractivity contribution in [2.24, 2.45) is 0 Å². The second kappa shape index (κ2) is 24.4. The molecule has 0 aromatic rings. The third kappa shape index (κ3) is 23.4.